The van der Waals surface area contributed by atoms with Gasteiger partial charge in [-0.2, -0.15) is 4.98 Å². The molecule has 0 spiro atoms. The Labute approximate surface area is 123 Å². The summed E-state index contributed by atoms with van der Waals surface area (Å²) in [5, 5.41) is 3.94. The maximum Gasteiger partial charge on any atom is 0.258 e. The van der Waals surface area contributed by atoms with Crippen LogP contribution in [0.25, 0.3) is 11.5 Å². The number of methoxy groups -OCH3 is 3. The van der Waals surface area contributed by atoms with Gasteiger partial charge in [0.15, 0.2) is 17.3 Å². The fourth-order valence-electron chi connectivity index (χ4n) is 1.86. The Morgan fingerprint density at radius 1 is 1.14 bits per heavy atom. The Balaban J connectivity index is 2.46. The van der Waals surface area contributed by atoms with Crippen LogP contribution in [0, 0.1) is 0 Å². The van der Waals surface area contributed by atoms with Crippen LogP contribution in [0.1, 0.15) is 18.7 Å². The summed E-state index contributed by atoms with van der Waals surface area (Å²) in [6, 6.07) is 3.51. The molecule has 0 saturated carbocycles. The monoisotopic (exact) mass is 293 g/mol. The highest BCUT2D eigenvalue weighted by atomic mass is 16.5. The summed E-state index contributed by atoms with van der Waals surface area (Å²) in [7, 11) is 4.65. The van der Waals surface area contributed by atoms with Crippen molar-refractivity contribution in [3.8, 4) is 28.7 Å². The fraction of sp³-hybridized carbons (Fsp3) is 0.429. The smallest absolute Gasteiger partial charge is 0.258 e. The highest BCUT2D eigenvalue weighted by molar-refractivity contribution is 5.65. The van der Waals surface area contributed by atoms with Gasteiger partial charge in [0, 0.05) is 18.0 Å². The quantitative estimate of drug-likeness (QED) is 0.868. The zero-order chi connectivity index (χ0) is 15.4. The lowest BCUT2D eigenvalue weighted by Crippen LogP contribution is -2.10. The van der Waals surface area contributed by atoms with Gasteiger partial charge in [-0.15, -0.1) is 0 Å². The molecule has 0 aliphatic heterocycles. The lowest BCUT2D eigenvalue weighted by molar-refractivity contribution is 0.324. The molecule has 0 amide bonds. The van der Waals surface area contributed by atoms with Gasteiger partial charge in [0.1, 0.15) is 0 Å². The van der Waals surface area contributed by atoms with Crippen LogP contribution < -0.4 is 19.9 Å². The SMILES string of the molecule is COc1cc(-c2nc(C(C)CN)no2)cc(OC)c1OC. The Morgan fingerprint density at radius 3 is 2.24 bits per heavy atom. The largest absolute Gasteiger partial charge is 0.493 e. The molecule has 7 heteroatoms. The van der Waals surface area contributed by atoms with Gasteiger partial charge < -0.3 is 24.5 Å². The predicted octanol–water partition coefficient (Wildman–Crippen LogP) is 1.82. The lowest BCUT2D eigenvalue weighted by Gasteiger charge is -2.12. The van der Waals surface area contributed by atoms with Gasteiger partial charge in [-0.3, -0.25) is 0 Å². The summed E-state index contributed by atoms with van der Waals surface area (Å²) in [5.74, 6) is 2.55. The molecule has 0 fully saturated rings. The summed E-state index contributed by atoms with van der Waals surface area (Å²) in [6.07, 6.45) is 0. The van der Waals surface area contributed by atoms with E-state index in [9.17, 15) is 0 Å². The van der Waals surface area contributed by atoms with E-state index >= 15 is 0 Å². The second-order valence-electron chi connectivity index (χ2n) is 4.51. The number of ether oxygens (including phenoxy) is 3. The van der Waals surface area contributed by atoms with Crippen molar-refractivity contribution in [3.05, 3.63) is 18.0 Å². The molecule has 114 valence electrons. The summed E-state index contributed by atoms with van der Waals surface area (Å²) in [5.41, 5.74) is 6.29. The lowest BCUT2D eigenvalue weighted by atomic mass is 10.1. The third-order valence-corrected chi connectivity index (χ3v) is 3.15. The molecule has 0 aliphatic carbocycles. The van der Waals surface area contributed by atoms with Gasteiger partial charge in [-0.1, -0.05) is 12.1 Å². The summed E-state index contributed by atoms with van der Waals surface area (Å²) < 4.78 is 21.2. The molecule has 1 aromatic heterocycles. The average molecular weight is 293 g/mol. The van der Waals surface area contributed by atoms with Gasteiger partial charge in [0.25, 0.3) is 5.89 Å². The molecular weight excluding hydrogens is 274 g/mol. The van der Waals surface area contributed by atoms with Gasteiger partial charge in [0.05, 0.1) is 21.3 Å². The number of rotatable bonds is 6. The van der Waals surface area contributed by atoms with Crippen molar-refractivity contribution in [3.63, 3.8) is 0 Å². The first-order chi connectivity index (χ1) is 10.1. The van der Waals surface area contributed by atoms with E-state index in [0.29, 0.717) is 41.1 Å². The number of hydrogen-bond donors (Lipinski definition) is 1. The van der Waals surface area contributed by atoms with Crippen molar-refractivity contribution < 1.29 is 18.7 Å². The third-order valence-electron chi connectivity index (χ3n) is 3.15. The summed E-state index contributed by atoms with van der Waals surface area (Å²) >= 11 is 0. The van der Waals surface area contributed by atoms with E-state index in [2.05, 4.69) is 10.1 Å². The molecule has 1 atom stereocenters. The number of hydrogen-bond acceptors (Lipinski definition) is 7. The molecule has 2 N–H and O–H groups in total. The second kappa shape index (κ2) is 6.45. The summed E-state index contributed by atoms with van der Waals surface area (Å²) in [4.78, 5) is 4.35. The van der Waals surface area contributed by atoms with Crippen molar-refractivity contribution in [2.45, 2.75) is 12.8 Å². The number of nitrogens with two attached hydrogens (primary N) is 1. The van der Waals surface area contributed by atoms with E-state index < -0.39 is 0 Å². The normalized spacial score (nSPS) is 12.0. The Bertz CT molecular complexity index is 587. The summed E-state index contributed by atoms with van der Waals surface area (Å²) in [6.45, 7) is 2.39. The van der Waals surface area contributed by atoms with Crippen LogP contribution in [0.4, 0.5) is 0 Å². The van der Waals surface area contributed by atoms with Crippen LogP contribution in [0.5, 0.6) is 17.2 Å². The minimum absolute atomic E-state index is 0.0320. The highest BCUT2D eigenvalue weighted by Gasteiger charge is 2.19. The van der Waals surface area contributed by atoms with Crippen LogP contribution in [-0.4, -0.2) is 38.0 Å². The first-order valence-electron chi connectivity index (χ1n) is 6.48. The van der Waals surface area contributed by atoms with Gasteiger partial charge >= 0.3 is 0 Å². The Hall–Kier alpha value is -2.28. The van der Waals surface area contributed by atoms with Gasteiger partial charge in [0.2, 0.25) is 5.75 Å². The van der Waals surface area contributed by atoms with Crippen LogP contribution in [0.3, 0.4) is 0 Å². The number of aromatic nitrogens is 2. The standard InChI is InChI=1S/C14H19N3O4/c1-8(7-15)13-16-14(21-17-13)9-5-10(18-2)12(20-4)11(6-9)19-3/h5-6,8H,7,15H2,1-4H3. The molecule has 0 radical (unpaired) electrons. The zero-order valence-electron chi connectivity index (χ0n) is 12.5. The molecule has 0 saturated heterocycles. The first-order valence-corrected chi connectivity index (χ1v) is 6.48. The van der Waals surface area contributed by atoms with E-state index in [-0.39, 0.29) is 5.92 Å². The van der Waals surface area contributed by atoms with Crippen LogP contribution in [-0.2, 0) is 0 Å². The molecule has 2 aromatic rings. The van der Waals surface area contributed by atoms with Crippen molar-refractivity contribution in [2.24, 2.45) is 5.73 Å². The van der Waals surface area contributed by atoms with E-state index in [1.165, 1.54) is 0 Å². The van der Waals surface area contributed by atoms with Crippen LogP contribution in [0.2, 0.25) is 0 Å². The third kappa shape index (κ3) is 2.92. The van der Waals surface area contributed by atoms with E-state index in [1.807, 2.05) is 6.92 Å². The van der Waals surface area contributed by atoms with Crippen LogP contribution in [0.15, 0.2) is 16.7 Å². The van der Waals surface area contributed by atoms with Crippen LogP contribution >= 0.6 is 0 Å². The Kier molecular flexibility index (Phi) is 4.64. The number of benzene rings is 1. The Morgan fingerprint density at radius 2 is 1.76 bits per heavy atom. The van der Waals surface area contributed by atoms with Crippen molar-refractivity contribution in [2.75, 3.05) is 27.9 Å². The van der Waals surface area contributed by atoms with Gasteiger partial charge in [-0.05, 0) is 12.1 Å². The molecule has 21 heavy (non-hydrogen) atoms. The topological polar surface area (TPSA) is 92.6 Å². The highest BCUT2D eigenvalue weighted by Crippen LogP contribution is 2.40. The van der Waals surface area contributed by atoms with E-state index in [4.69, 9.17) is 24.5 Å². The van der Waals surface area contributed by atoms with Crippen molar-refractivity contribution >= 4 is 0 Å². The van der Waals surface area contributed by atoms with Gasteiger partial charge in [-0.25, -0.2) is 0 Å². The average Bonchev–Trinajstić information content (AvgIpc) is 3.02. The maximum absolute atomic E-state index is 5.60. The molecule has 0 bridgehead atoms. The molecule has 2 rings (SSSR count). The minimum atomic E-state index is 0.0320. The molecular formula is C14H19N3O4. The molecule has 7 nitrogen and oxygen atoms in total. The van der Waals surface area contributed by atoms with E-state index in [1.54, 1.807) is 33.5 Å². The fourth-order valence-corrected chi connectivity index (χ4v) is 1.86. The molecule has 1 aromatic carbocycles. The zero-order valence-corrected chi connectivity index (χ0v) is 12.5. The maximum atomic E-state index is 5.60. The molecule has 1 heterocycles. The van der Waals surface area contributed by atoms with Crippen molar-refractivity contribution in [1.29, 1.82) is 0 Å². The molecule has 1 unspecified atom stereocenters. The van der Waals surface area contributed by atoms with E-state index in [0.717, 1.165) is 0 Å². The minimum Gasteiger partial charge on any atom is -0.493 e. The predicted molar refractivity (Wildman–Crippen MR) is 76.9 cm³/mol. The molecule has 0 aliphatic rings. The first kappa shape index (κ1) is 15.1. The number of nitrogens with zero attached hydrogens (tertiary/aromatic N) is 2. The second-order valence-corrected chi connectivity index (χ2v) is 4.51. The van der Waals surface area contributed by atoms with Crippen molar-refractivity contribution in [1.82, 2.24) is 10.1 Å².